The van der Waals surface area contributed by atoms with E-state index in [1.165, 1.54) is 12.8 Å². The summed E-state index contributed by atoms with van der Waals surface area (Å²) in [7, 11) is 0. The molecule has 2 aliphatic carbocycles. The second-order valence-corrected chi connectivity index (χ2v) is 6.86. The van der Waals surface area contributed by atoms with Gasteiger partial charge in [-0.2, -0.15) is 0 Å². The van der Waals surface area contributed by atoms with Gasteiger partial charge in [0.2, 0.25) is 11.8 Å². The Bertz CT molecular complexity index is 726. The van der Waals surface area contributed by atoms with Crippen LogP contribution in [-0.2, 0) is 6.54 Å². The zero-order valence-electron chi connectivity index (χ0n) is 12.5. The lowest BCUT2D eigenvalue weighted by Gasteiger charge is -2.24. The number of hydrogen-bond acceptors (Lipinski definition) is 4. The molecule has 0 radical (unpaired) electrons. The van der Waals surface area contributed by atoms with Crippen molar-refractivity contribution in [3.05, 3.63) is 35.2 Å². The van der Waals surface area contributed by atoms with Crippen molar-refractivity contribution in [2.24, 2.45) is 0 Å². The molecule has 0 spiro atoms. The zero-order chi connectivity index (χ0) is 15.8. The molecular formula is C16H17ClN4OS. The van der Waals surface area contributed by atoms with E-state index in [0.29, 0.717) is 35.4 Å². The normalized spacial score (nSPS) is 17.1. The van der Waals surface area contributed by atoms with Crippen LogP contribution in [0.2, 0.25) is 5.02 Å². The van der Waals surface area contributed by atoms with Crippen LogP contribution in [0.3, 0.4) is 0 Å². The minimum Gasteiger partial charge on any atom is -0.419 e. The Balaban J connectivity index is 1.49. The highest BCUT2D eigenvalue weighted by atomic mass is 35.5. The third kappa shape index (κ3) is 3.48. The number of benzene rings is 1. The lowest BCUT2D eigenvalue weighted by molar-refractivity contribution is 0.343. The molecule has 1 N–H and O–H groups in total. The fraction of sp³-hybridized carbons (Fsp3) is 0.438. The highest BCUT2D eigenvalue weighted by Crippen LogP contribution is 2.31. The number of halogens is 1. The number of nitrogens with zero attached hydrogens (tertiary/aromatic N) is 3. The van der Waals surface area contributed by atoms with Crippen molar-refractivity contribution in [1.82, 2.24) is 20.4 Å². The van der Waals surface area contributed by atoms with Crippen LogP contribution in [0.4, 0.5) is 0 Å². The molecule has 1 heterocycles. The number of aromatic nitrogens is 2. The molecule has 0 bridgehead atoms. The Morgan fingerprint density at radius 3 is 2.74 bits per heavy atom. The average molecular weight is 349 g/mol. The molecule has 2 aromatic rings. The van der Waals surface area contributed by atoms with Crippen molar-refractivity contribution in [3.63, 3.8) is 0 Å². The van der Waals surface area contributed by atoms with Crippen molar-refractivity contribution < 1.29 is 4.42 Å². The Morgan fingerprint density at radius 1 is 1.26 bits per heavy atom. The number of hydrogen-bond donors (Lipinski definition) is 1. The summed E-state index contributed by atoms with van der Waals surface area (Å²) in [6.07, 6.45) is 4.74. The van der Waals surface area contributed by atoms with Crippen molar-refractivity contribution in [3.8, 4) is 11.5 Å². The molecule has 0 aliphatic heterocycles. The van der Waals surface area contributed by atoms with Crippen molar-refractivity contribution in [2.45, 2.75) is 44.3 Å². The lowest BCUT2D eigenvalue weighted by atomic mass is 10.2. The first kappa shape index (κ1) is 14.9. The molecule has 0 amide bonds. The van der Waals surface area contributed by atoms with Crippen molar-refractivity contribution in [2.75, 3.05) is 0 Å². The second kappa shape index (κ2) is 6.09. The van der Waals surface area contributed by atoms with E-state index < -0.39 is 0 Å². The molecule has 0 atom stereocenters. The first-order valence-electron chi connectivity index (χ1n) is 7.85. The van der Waals surface area contributed by atoms with Gasteiger partial charge in [-0.25, -0.2) is 0 Å². The van der Waals surface area contributed by atoms with Crippen LogP contribution < -0.4 is 5.32 Å². The minimum atomic E-state index is 0.447. The molecule has 0 saturated heterocycles. The van der Waals surface area contributed by atoms with Crippen LogP contribution >= 0.6 is 23.8 Å². The van der Waals surface area contributed by atoms with Crippen LogP contribution in [-0.4, -0.2) is 32.3 Å². The summed E-state index contributed by atoms with van der Waals surface area (Å²) in [5, 5.41) is 13.1. The minimum absolute atomic E-state index is 0.447. The van der Waals surface area contributed by atoms with E-state index in [2.05, 4.69) is 20.4 Å². The third-order valence-corrected chi connectivity index (χ3v) is 4.71. The largest absolute Gasteiger partial charge is 0.419 e. The van der Waals surface area contributed by atoms with Gasteiger partial charge in [-0.3, -0.25) is 0 Å². The Hall–Kier alpha value is -1.66. The highest BCUT2D eigenvalue weighted by molar-refractivity contribution is 7.80. The molecule has 4 rings (SSSR count). The molecule has 1 aromatic heterocycles. The summed E-state index contributed by atoms with van der Waals surface area (Å²) in [6, 6.07) is 8.49. The van der Waals surface area contributed by atoms with Crippen LogP contribution in [0, 0.1) is 0 Å². The van der Waals surface area contributed by atoms with E-state index in [-0.39, 0.29) is 0 Å². The molecule has 120 valence electrons. The predicted octanol–water partition coefficient (Wildman–Crippen LogP) is 3.39. The van der Waals surface area contributed by atoms with Gasteiger partial charge in [-0.05, 0) is 50.0 Å². The molecule has 23 heavy (non-hydrogen) atoms. The monoisotopic (exact) mass is 348 g/mol. The number of thiocarbonyl (C=S) groups is 1. The first-order chi connectivity index (χ1) is 11.2. The fourth-order valence-electron chi connectivity index (χ4n) is 2.44. The molecule has 7 heteroatoms. The smallest absolute Gasteiger partial charge is 0.249 e. The van der Waals surface area contributed by atoms with Gasteiger partial charge in [0, 0.05) is 12.1 Å². The average Bonchev–Trinajstić information content (AvgIpc) is 3.46. The molecule has 2 aliphatic rings. The fourth-order valence-corrected chi connectivity index (χ4v) is 3.04. The third-order valence-electron chi connectivity index (χ3n) is 4.03. The van der Waals surface area contributed by atoms with E-state index >= 15 is 0 Å². The summed E-state index contributed by atoms with van der Waals surface area (Å²) in [5.41, 5.74) is 0.754. The highest BCUT2D eigenvalue weighted by Gasteiger charge is 2.34. The Labute approximate surface area is 145 Å². The van der Waals surface area contributed by atoms with E-state index in [9.17, 15) is 0 Å². The zero-order valence-corrected chi connectivity index (χ0v) is 14.1. The van der Waals surface area contributed by atoms with Gasteiger partial charge in [-0.15, -0.1) is 10.2 Å². The van der Waals surface area contributed by atoms with Gasteiger partial charge in [0.25, 0.3) is 0 Å². The number of nitrogens with one attached hydrogen (secondary N) is 1. The maximum Gasteiger partial charge on any atom is 0.249 e. The maximum absolute atomic E-state index is 6.18. The molecule has 2 fully saturated rings. The Kier molecular flexibility index (Phi) is 3.95. The summed E-state index contributed by atoms with van der Waals surface area (Å²) < 4.78 is 5.79. The molecular weight excluding hydrogens is 332 g/mol. The predicted molar refractivity (Wildman–Crippen MR) is 92.1 cm³/mol. The van der Waals surface area contributed by atoms with Crippen LogP contribution in [0.1, 0.15) is 31.6 Å². The van der Waals surface area contributed by atoms with Gasteiger partial charge >= 0.3 is 0 Å². The standard InChI is InChI=1S/C16H17ClN4OS/c17-13-4-2-1-3-12(13)15-20-19-14(22-15)9-21(11-7-8-11)16(23)18-10-5-6-10/h1-4,10-11H,5-9H2,(H,18,23). The maximum atomic E-state index is 6.18. The van der Waals surface area contributed by atoms with Gasteiger partial charge in [0.1, 0.15) is 0 Å². The second-order valence-electron chi connectivity index (χ2n) is 6.06. The van der Waals surface area contributed by atoms with E-state index in [4.69, 9.17) is 28.2 Å². The van der Waals surface area contributed by atoms with Crippen LogP contribution in [0.5, 0.6) is 0 Å². The van der Waals surface area contributed by atoms with Crippen LogP contribution in [0.25, 0.3) is 11.5 Å². The topological polar surface area (TPSA) is 54.2 Å². The summed E-state index contributed by atoms with van der Waals surface area (Å²) in [4.78, 5) is 2.16. The summed E-state index contributed by atoms with van der Waals surface area (Å²) in [6.45, 7) is 0.542. The van der Waals surface area contributed by atoms with Gasteiger partial charge in [0.15, 0.2) is 5.11 Å². The quantitative estimate of drug-likeness (QED) is 0.836. The SMILES string of the molecule is S=C(NC1CC1)N(Cc1nnc(-c2ccccc2Cl)o1)C1CC1. The molecule has 0 unspecified atom stereocenters. The van der Waals surface area contributed by atoms with E-state index in [1.54, 1.807) is 0 Å². The van der Waals surface area contributed by atoms with E-state index in [0.717, 1.165) is 23.5 Å². The molecule has 1 aromatic carbocycles. The lowest BCUT2D eigenvalue weighted by Crippen LogP contribution is -2.41. The summed E-state index contributed by atoms with van der Waals surface area (Å²) in [5.74, 6) is 1.01. The molecule has 5 nitrogen and oxygen atoms in total. The van der Waals surface area contributed by atoms with Crippen LogP contribution in [0.15, 0.2) is 28.7 Å². The number of rotatable bonds is 5. The van der Waals surface area contributed by atoms with Crippen molar-refractivity contribution in [1.29, 1.82) is 0 Å². The van der Waals surface area contributed by atoms with Gasteiger partial charge in [0.05, 0.1) is 17.1 Å². The van der Waals surface area contributed by atoms with Crippen molar-refractivity contribution >= 4 is 28.9 Å². The first-order valence-corrected chi connectivity index (χ1v) is 8.64. The summed E-state index contributed by atoms with van der Waals surface area (Å²) >= 11 is 11.7. The van der Waals surface area contributed by atoms with Gasteiger partial charge in [-0.1, -0.05) is 23.7 Å². The molecule has 2 saturated carbocycles. The Morgan fingerprint density at radius 2 is 2.04 bits per heavy atom. The van der Waals surface area contributed by atoms with Gasteiger partial charge < -0.3 is 14.6 Å². The van der Waals surface area contributed by atoms with E-state index in [1.807, 2.05) is 24.3 Å².